The molecule has 6 nitrogen and oxygen atoms in total. The van der Waals surface area contributed by atoms with Gasteiger partial charge in [0, 0.05) is 18.0 Å². The van der Waals surface area contributed by atoms with Crippen molar-refractivity contribution in [1.82, 2.24) is 5.32 Å². The average molecular weight is 305 g/mol. The lowest BCUT2D eigenvalue weighted by Gasteiger charge is -2.13. The number of carbonyl (C=O) groups excluding carboxylic acids is 1. The molecule has 4 N–H and O–H groups in total. The highest BCUT2D eigenvalue weighted by Gasteiger charge is 2.31. The third-order valence-electron chi connectivity index (χ3n) is 2.37. The predicted molar refractivity (Wildman–Crippen MR) is 68.1 cm³/mol. The second-order valence-corrected chi connectivity index (χ2v) is 4.24. The average Bonchev–Trinajstić information content (AvgIpc) is 2.37. The molecule has 21 heavy (non-hydrogen) atoms. The van der Waals surface area contributed by atoms with Crippen LogP contribution in [0.4, 0.5) is 13.2 Å². The molecule has 0 saturated heterocycles. The van der Waals surface area contributed by atoms with Crippen LogP contribution in [0.1, 0.15) is 23.7 Å². The molecule has 0 spiro atoms. The second kappa shape index (κ2) is 6.82. The molecular weight excluding hydrogens is 291 g/mol. The number of rotatable bonds is 5. The summed E-state index contributed by atoms with van der Waals surface area (Å²) in [6, 6.07) is 4.08. The van der Waals surface area contributed by atoms with Gasteiger partial charge < -0.3 is 21.0 Å². The van der Waals surface area contributed by atoms with E-state index in [4.69, 9.17) is 10.9 Å². The van der Waals surface area contributed by atoms with Crippen LogP contribution in [0.3, 0.4) is 0 Å². The van der Waals surface area contributed by atoms with Gasteiger partial charge in [-0.1, -0.05) is 5.16 Å². The monoisotopic (exact) mass is 305 g/mol. The van der Waals surface area contributed by atoms with Gasteiger partial charge in [0.1, 0.15) is 11.6 Å². The van der Waals surface area contributed by atoms with E-state index in [1.807, 2.05) is 0 Å². The topological polar surface area (TPSA) is 96.9 Å². The summed E-state index contributed by atoms with van der Waals surface area (Å²) in [4.78, 5) is 11.8. The van der Waals surface area contributed by atoms with E-state index >= 15 is 0 Å². The number of carbonyl (C=O) groups is 1. The van der Waals surface area contributed by atoms with Crippen molar-refractivity contribution >= 4 is 11.7 Å². The van der Waals surface area contributed by atoms with Crippen LogP contribution in [-0.2, 0) is 0 Å². The van der Waals surface area contributed by atoms with Crippen molar-refractivity contribution in [2.75, 3.05) is 0 Å². The van der Waals surface area contributed by atoms with Gasteiger partial charge in [0.2, 0.25) is 0 Å². The summed E-state index contributed by atoms with van der Waals surface area (Å²) >= 11 is 0. The van der Waals surface area contributed by atoms with Crippen LogP contribution in [0, 0.1) is 0 Å². The minimum Gasteiger partial charge on any atom is -0.409 e. The number of halogens is 3. The third kappa shape index (κ3) is 6.02. The number of ether oxygens (including phenoxy) is 1. The number of benzene rings is 1. The van der Waals surface area contributed by atoms with Gasteiger partial charge in [-0.05, 0) is 31.2 Å². The molecule has 1 aromatic rings. The molecule has 0 heterocycles. The Labute approximate surface area is 118 Å². The molecule has 0 saturated carbocycles. The van der Waals surface area contributed by atoms with E-state index in [2.05, 4.69) is 15.2 Å². The number of nitrogens with zero attached hydrogens (tertiary/aromatic N) is 1. The molecular formula is C12H14F3N3O3. The second-order valence-electron chi connectivity index (χ2n) is 4.24. The van der Waals surface area contributed by atoms with E-state index < -0.39 is 24.1 Å². The Balaban J connectivity index is 2.63. The van der Waals surface area contributed by atoms with Crippen LogP contribution in [0.5, 0.6) is 5.75 Å². The quantitative estimate of drug-likeness (QED) is 0.335. The lowest BCUT2D eigenvalue weighted by molar-refractivity contribution is -0.274. The van der Waals surface area contributed by atoms with E-state index in [0.29, 0.717) is 0 Å². The number of nitrogens with one attached hydrogen (secondary N) is 1. The maximum atomic E-state index is 12.0. The molecule has 1 aromatic carbocycles. The van der Waals surface area contributed by atoms with E-state index in [1.54, 1.807) is 6.92 Å². The first-order valence-electron chi connectivity index (χ1n) is 5.84. The molecule has 0 aromatic heterocycles. The van der Waals surface area contributed by atoms with Crippen molar-refractivity contribution in [3.05, 3.63) is 29.8 Å². The summed E-state index contributed by atoms with van der Waals surface area (Å²) in [7, 11) is 0. The summed E-state index contributed by atoms with van der Waals surface area (Å²) in [5, 5.41) is 13.7. The van der Waals surface area contributed by atoms with Crippen LogP contribution < -0.4 is 15.8 Å². The van der Waals surface area contributed by atoms with Gasteiger partial charge in [-0.15, -0.1) is 13.2 Å². The van der Waals surface area contributed by atoms with Gasteiger partial charge in [-0.3, -0.25) is 4.79 Å². The number of amidine groups is 1. The van der Waals surface area contributed by atoms with Gasteiger partial charge in [0.05, 0.1) is 0 Å². The zero-order valence-corrected chi connectivity index (χ0v) is 11.0. The van der Waals surface area contributed by atoms with Crippen molar-refractivity contribution in [2.24, 2.45) is 10.9 Å². The number of nitrogens with two attached hydrogens (primary N) is 1. The standard InChI is InChI=1S/C12H14F3N3O3/c1-7(6-10(16)18-20)17-11(19)8-2-4-9(5-3-8)21-12(13,14)15/h2-5,7,20H,6H2,1H3,(H2,16,18)(H,17,19). The molecule has 0 bridgehead atoms. The minimum atomic E-state index is -4.78. The Kier molecular flexibility index (Phi) is 5.39. The van der Waals surface area contributed by atoms with Crippen LogP contribution in [0.2, 0.25) is 0 Å². The molecule has 9 heteroatoms. The molecule has 1 atom stereocenters. The molecule has 0 fully saturated rings. The molecule has 0 radical (unpaired) electrons. The van der Waals surface area contributed by atoms with Crippen molar-refractivity contribution in [1.29, 1.82) is 0 Å². The van der Waals surface area contributed by atoms with Gasteiger partial charge in [0.15, 0.2) is 0 Å². The summed E-state index contributed by atoms with van der Waals surface area (Å²) in [5.74, 6) is -0.952. The first-order chi connectivity index (χ1) is 9.71. The Morgan fingerprint density at radius 1 is 1.43 bits per heavy atom. The molecule has 116 valence electrons. The van der Waals surface area contributed by atoms with E-state index in [9.17, 15) is 18.0 Å². The SMILES string of the molecule is CC(C/C(N)=N/O)NC(=O)c1ccc(OC(F)(F)F)cc1. The van der Waals surface area contributed by atoms with E-state index in [1.165, 1.54) is 12.1 Å². The van der Waals surface area contributed by atoms with Crippen molar-refractivity contribution < 1.29 is 27.9 Å². The third-order valence-corrected chi connectivity index (χ3v) is 2.37. The highest BCUT2D eigenvalue weighted by Crippen LogP contribution is 2.22. The lowest BCUT2D eigenvalue weighted by Crippen LogP contribution is -2.35. The fraction of sp³-hybridized carbons (Fsp3) is 0.333. The van der Waals surface area contributed by atoms with Crippen molar-refractivity contribution in [3.8, 4) is 5.75 Å². The van der Waals surface area contributed by atoms with Gasteiger partial charge in [-0.25, -0.2) is 0 Å². The molecule has 1 unspecified atom stereocenters. The summed E-state index contributed by atoms with van der Waals surface area (Å²) in [6.45, 7) is 1.64. The Bertz CT molecular complexity index is 515. The summed E-state index contributed by atoms with van der Waals surface area (Å²) in [6.07, 6.45) is -4.64. The van der Waals surface area contributed by atoms with Gasteiger partial charge >= 0.3 is 6.36 Å². The Morgan fingerprint density at radius 3 is 2.48 bits per heavy atom. The zero-order chi connectivity index (χ0) is 16.0. The van der Waals surface area contributed by atoms with Crippen LogP contribution in [-0.4, -0.2) is 29.4 Å². The normalized spacial score (nSPS) is 13.6. The zero-order valence-electron chi connectivity index (χ0n) is 11.0. The number of hydrogen-bond acceptors (Lipinski definition) is 4. The minimum absolute atomic E-state index is 0.0447. The van der Waals surface area contributed by atoms with Crippen LogP contribution in [0.15, 0.2) is 29.4 Å². The van der Waals surface area contributed by atoms with Gasteiger partial charge in [0.25, 0.3) is 5.91 Å². The van der Waals surface area contributed by atoms with E-state index in [0.717, 1.165) is 12.1 Å². The Hall–Kier alpha value is -2.45. The van der Waals surface area contributed by atoms with Crippen molar-refractivity contribution in [3.63, 3.8) is 0 Å². The molecule has 0 aliphatic heterocycles. The van der Waals surface area contributed by atoms with Crippen LogP contribution >= 0.6 is 0 Å². The highest BCUT2D eigenvalue weighted by atomic mass is 19.4. The van der Waals surface area contributed by atoms with Crippen LogP contribution in [0.25, 0.3) is 0 Å². The maximum absolute atomic E-state index is 12.0. The number of hydrogen-bond donors (Lipinski definition) is 3. The predicted octanol–water partition coefficient (Wildman–Crippen LogP) is 1.84. The number of amides is 1. The summed E-state index contributed by atoms with van der Waals surface area (Å²) in [5.41, 5.74) is 5.46. The number of oxime groups is 1. The lowest BCUT2D eigenvalue weighted by atomic mass is 10.1. The maximum Gasteiger partial charge on any atom is 0.573 e. The van der Waals surface area contributed by atoms with E-state index in [-0.39, 0.29) is 17.8 Å². The first-order valence-corrected chi connectivity index (χ1v) is 5.84. The number of alkyl halides is 3. The fourth-order valence-corrected chi connectivity index (χ4v) is 1.52. The fourth-order valence-electron chi connectivity index (χ4n) is 1.52. The van der Waals surface area contributed by atoms with Gasteiger partial charge in [-0.2, -0.15) is 0 Å². The molecule has 1 rings (SSSR count). The first kappa shape index (κ1) is 16.6. The molecule has 0 aliphatic carbocycles. The Morgan fingerprint density at radius 2 is 2.00 bits per heavy atom. The summed E-state index contributed by atoms with van der Waals surface area (Å²) < 4.78 is 39.6. The molecule has 0 aliphatic rings. The van der Waals surface area contributed by atoms with Crippen molar-refractivity contribution in [2.45, 2.75) is 25.7 Å². The smallest absolute Gasteiger partial charge is 0.409 e. The highest BCUT2D eigenvalue weighted by molar-refractivity contribution is 5.94. The molecule has 1 amide bonds. The largest absolute Gasteiger partial charge is 0.573 e.